The minimum Gasteiger partial charge on any atom is -0.383 e. The number of anilines is 3. The Morgan fingerprint density at radius 2 is 1.86 bits per heavy atom. The predicted octanol–water partition coefficient (Wildman–Crippen LogP) is 6.14. The number of fused-ring (bicyclic) bond motifs is 2. The monoisotopic (exact) mass is 564 g/mol. The minimum absolute atomic E-state index is 0.0894. The molecule has 9 heteroatoms. The van der Waals surface area contributed by atoms with E-state index in [2.05, 4.69) is 39.7 Å². The van der Waals surface area contributed by atoms with Crippen LogP contribution in [0.4, 0.5) is 17.2 Å². The summed E-state index contributed by atoms with van der Waals surface area (Å²) in [5, 5.41) is 6.44. The second-order valence-corrected chi connectivity index (χ2v) is 10.5. The zero-order valence-electron chi connectivity index (χ0n) is 23.4. The third-order valence-corrected chi connectivity index (χ3v) is 7.38. The van der Waals surface area contributed by atoms with Gasteiger partial charge in [0.15, 0.2) is 11.5 Å². The summed E-state index contributed by atoms with van der Waals surface area (Å²) in [5.41, 5.74) is 14.7. The molecular formula is C34H28N8O. The molecule has 6 aromatic rings. The first-order valence-corrected chi connectivity index (χ1v) is 14.0. The Morgan fingerprint density at radius 3 is 2.67 bits per heavy atom. The van der Waals surface area contributed by atoms with Gasteiger partial charge in [-0.05, 0) is 84.8 Å². The number of nitrogens with two attached hydrogens (primary N) is 1. The van der Waals surface area contributed by atoms with Gasteiger partial charge in [-0.1, -0.05) is 24.3 Å². The average molecular weight is 565 g/mol. The van der Waals surface area contributed by atoms with Crippen LogP contribution in [-0.2, 0) is 11.2 Å². The van der Waals surface area contributed by atoms with Crippen LogP contribution in [0.5, 0.6) is 0 Å². The van der Waals surface area contributed by atoms with Crippen LogP contribution in [0.2, 0.25) is 0 Å². The number of carbonyl (C=O) groups is 1. The fraction of sp³-hybridized carbons (Fsp3) is 0.0882. The zero-order valence-corrected chi connectivity index (χ0v) is 23.4. The molecule has 0 saturated heterocycles. The lowest BCUT2D eigenvalue weighted by atomic mass is 10.1. The number of pyridine rings is 3. The Morgan fingerprint density at radius 1 is 1.00 bits per heavy atom. The number of nitrogens with one attached hydrogen (secondary N) is 2. The number of imidazole rings is 1. The number of nitrogen functional groups attached to an aromatic ring is 1. The molecular weight excluding hydrogens is 536 g/mol. The molecule has 43 heavy (non-hydrogen) atoms. The second kappa shape index (κ2) is 10.9. The molecule has 2 aromatic carbocycles. The number of rotatable bonds is 6. The van der Waals surface area contributed by atoms with Gasteiger partial charge in [0, 0.05) is 47.3 Å². The fourth-order valence-electron chi connectivity index (χ4n) is 5.27. The molecule has 7 rings (SSSR count). The van der Waals surface area contributed by atoms with Gasteiger partial charge in [0.25, 0.3) is 0 Å². The Balaban J connectivity index is 1.20. The van der Waals surface area contributed by atoms with Crippen molar-refractivity contribution in [2.45, 2.75) is 19.4 Å². The maximum atomic E-state index is 12.9. The molecule has 1 amide bonds. The van der Waals surface area contributed by atoms with E-state index in [1.807, 2.05) is 83.4 Å². The summed E-state index contributed by atoms with van der Waals surface area (Å²) in [7, 11) is 0. The molecule has 1 aliphatic rings. The van der Waals surface area contributed by atoms with E-state index in [0.29, 0.717) is 22.9 Å². The van der Waals surface area contributed by atoms with Crippen molar-refractivity contribution >= 4 is 40.3 Å². The lowest BCUT2D eigenvalue weighted by Gasteiger charge is -2.19. The van der Waals surface area contributed by atoms with E-state index < -0.39 is 0 Å². The summed E-state index contributed by atoms with van der Waals surface area (Å²) in [4.78, 5) is 31.3. The van der Waals surface area contributed by atoms with Crippen molar-refractivity contribution in [2.24, 2.45) is 0 Å². The summed E-state index contributed by atoms with van der Waals surface area (Å²) < 4.78 is 1.97. The second-order valence-electron chi connectivity index (χ2n) is 10.5. The largest absolute Gasteiger partial charge is 0.383 e. The minimum atomic E-state index is -0.0894. The Labute approximate surface area is 248 Å². The number of benzene rings is 2. The van der Waals surface area contributed by atoms with Crippen molar-refractivity contribution < 1.29 is 4.79 Å². The summed E-state index contributed by atoms with van der Waals surface area (Å²) in [5.74, 6) is 0.920. The standard InChI is InChI=1S/C34H28N8O/c1-21-6-9-23-19-25(10-13-28(23)38-21)39-31(43)18-22-7-11-26(12-8-22)42-33(27-5-3-17-37-32(27)35)41-30-15-14-29(40-34(30)42)24-4-2-16-36-20-24/h2-17,19-21,38H,18H2,1H3,(H2,35,37)(H,39,43). The maximum Gasteiger partial charge on any atom is 0.228 e. The van der Waals surface area contributed by atoms with Crippen molar-refractivity contribution in [3.8, 4) is 28.3 Å². The highest BCUT2D eigenvalue weighted by Gasteiger charge is 2.19. The molecule has 4 aromatic heterocycles. The summed E-state index contributed by atoms with van der Waals surface area (Å²) >= 11 is 0. The molecule has 9 nitrogen and oxygen atoms in total. The molecule has 0 radical (unpaired) electrons. The van der Waals surface area contributed by atoms with Crippen molar-refractivity contribution in [3.05, 3.63) is 115 Å². The SMILES string of the molecule is CC1C=Cc2cc(NC(=O)Cc3ccc(-n4c(-c5cccnc5N)nc5ccc(-c6cccnc6)nc54)cc3)ccc2N1. The Bertz CT molecular complexity index is 2000. The van der Waals surface area contributed by atoms with E-state index in [1.165, 1.54) is 0 Å². The van der Waals surface area contributed by atoms with Gasteiger partial charge in [-0.25, -0.2) is 15.0 Å². The van der Waals surface area contributed by atoms with Crippen LogP contribution in [0.15, 0.2) is 104 Å². The molecule has 1 atom stereocenters. The smallest absolute Gasteiger partial charge is 0.228 e. The molecule has 210 valence electrons. The highest BCUT2D eigenvalue weighted by molar-refractivity contribution is 5.93. The molecule has 0 fully saturated rings. The number of hydrogen-bond acceptors (Lipinski definition) is 7. The van der Waals surface area contributed by atoms with E-state index in [9.17, 15) is 4.79 Å². The van der Waals surface area contributed by atoms with Crippen molar-refractivity contribution in [3.63, 3.8) is 0 Å². The van der Waals surface area contributed by atoms with E-state index in [4.69, 9.17) is 15.7 Å². The van der Waals surface area contributed by atoms with Gasteiger partial charge in [-0.15, -0.1) is 0 Å². The molecule has 5 heterocycles. The van der Waals surface area contributed by atoms with Crippen LogP contribution in [0, 0.1) is 0 Å². The van der Waals surface area contributed by atoms with Crippen molar-refractivity contribution in [1.82, 2.24) is 24.5 Å². The summed E-state index contributed by atoms with van der Waals surface area (Å²) in [6.07, 6.45) is 9.59. The Kier molecular flexibility index (Phi) is 6.59. The molecule has 1 unspecified atom stereocenters. The van der Waals surface area contributed by atoms with Gasteiger partial charge in [0.1, 0.15) is 11.3 Å². The van der Waals surface area contributed by atoms with Crippen LogP contribution < -0.4 is 16.4 Å². The number of hydrogen-bond donors (Lipinski definition) is 3. The average Bonchev–Trinajstić information content (AvgIpc) is 3.40. The molecule has 0 saturated carbocycles. The molecule has 0 bridgehead atoms. The summed E-state index contributed by atoms with van der Waals surface area (Å²) in [6, 6.07) is 25.5. The predicted molar refractivity (Wildman–Crippen MR) is 171 cm³/mol. The maximum absolute atomic E-state index is 12.9. The van der Waals surface area contributed by atoms with Gasteiger partial charge in [0.2, 0.25) is 5.91 Å². The van der Waals surface area contributed by atoms with Crippen LogP contribution in [0.3, 0.4) is 0 Å². The highest BCUT2D eigenvalue weighted by Crippen LogP contribution is 2.32. The third kappa shape index (κ3) is 5.19. The third-order valence-electron chi connectivity index (χ3n) is 7.38. The van der Waals surface area contributed by atoms with Gasteiger partial charge >= 0.3 is 0 Å². The quantitative estimate of drug-likeness (QED) is 0.222. The normalized spacial score (nSPS) is 13.8. The van der Waals surface area contributed by atoms with Crippen LogP contribution in [0.1, 0.15) is 18.1 Å². The topological polar surface area (TPSA) is 124 Å². The lowest BCUT2D eigenvalue weighted by Crippen LogP contribution is -2.17. The number of carbonyl (C=O) groups excluding carboxylic acids is 1. The van der Waals surface area contributed by atoms with Crippen molar-refractivity contribution in [1.29, 1.82) is 0 Å². The first kappa shape index (κ1) is 26.1. The van der Waals surface area contributed by atoms with E-state index in [1.54, 1.807) is 18.6 Å². The molecule has 0 aliphatic carbocycles. The van der Waals surface area contributed by atoms with Gasteiger partial charge in [-0.3, -0.25) is 14.3 Å². The molecule has 4 N–H and O–H groups in total. The number of nitrogens with zero attached hydrogens (tertiary/aromatic N) is 5. The Hall–Kier alpha value is -5.83. The first-order valence-electron chi connectivity index (χ1n) is 14.0. The summed E-state index contributed by atoms with van der Waals surface area (Å²) in [6.45, 7) is 2.10. The van der Waals surface area contributed by atoms with E-state index in [0.717, 1.165) is 45.0 Å². The van der Waals surface area contributed by atoms with Crippen molar-refractivity contribution in [2.75, 3.05) is 16.4 Å². The van der Waals surface area contributed by atoms with Crippen LogP contribution >= 0.6 is 0 Å². The van der Waals surface area contributed by atoms with Crippen LogP contribution in [-0.4, -0.2) is 36.5 Å². The number of aromatic nitrogens is 5. The highest BCUT2D eigenvalue weighted by atomic mass is 16.1. The van der Waals surface area contributed by atoms with Gasteiger partial charge < -0.3 is 16.4 Å². The van der Waals surface area contributed by atoms with Gasteiger partial charge in [0.05, 0.1) is 17.7 Å². The lowest BCUT2D eigenvalue weighted by molar-refractivity contribution is -0.115. The zero-order chi connectivity index (χ0) is 29.3. The first-order chi connectivity index (χ1) is 21.0. The molecule has 1 aliphatic heterocycles. The fourth-order valence-corrected chi connectivity index (χ4v) is 5.27. The van der Waals surface area contributed by atoms with E-state index >= 15 is 0 Å². The van der Waals surface area contributed by atoms with E-state index in [-0.39, 0.29) is 18.4 Å². The van der Waals surface area contributed by atoms with Crippen LogP contribution in [0.25, 0.3) is 45.6 Å². The number of amides is 1. The van der Waals surface area contributed by atoms with Gasteiger partial charge in [-0.2, -0.15) is 0 Å². The molecule has 0 spiro atoms.